The van der Waals surface area contributed by atoms with E-state index >= 15 is 0 Å². The summed E-state index contributed by atoms with van der Waals surface area (Å²) in [5.74, 6) is 0. The zero-order valence-electron chi connectivity index (χ0n) is 8.78. The lowest BCUT2D eigenvalue weighted by atomic mass is 10.00. The van der Waals surface area contributed by atoms with Gasteiger partial charge < -0.3 is 9.59 Å². The molecule has 0 aromatic heterocycles. The van der Waals surface area contributed by atoms with Gasteiger partial charge in [-0.3, -0.25) is 0 Å². The molecule has 0 aromatic rings. The molecule has 3 nitrogen and oxygen atoms in total. The normalized spacial score (nSPS) is 32.3. The Labute approximate surface area is 91.0 Å². The molecule has 2 atom stereocenters. The Bertz CT molecular complexity index is 228. The number of rotatable bonds is 4. The topological polar surface area (TPSA) is 32.6 Å². The van der Waals surface area contributed by atoms with E-state index in [0.717, 1.165) is 30.5 Å². The summed E-state index contributed by atoms with van der Waals surface area (Å²) in [5.41, 5.74) is 0. The molecule has 1 fully saturated rings. The maximum Gasteiger partial charge on any atom is 0.112 e. The predicted octanol–water partition coefficient (Wildman–Crippen LogP) is 1.08. The number of aliphatic hydroxyl groups is 1. The van der Waals surface area contributed by atoms with Crippen LogP contribution in [0.5, 0.6) is 0 Å². The molecule has 0 amide bonds. The fourth-order valence-corrected chi connectivity index (χ4v) is 2.35. The molecule has 1 aliphatic heterocycles. The van der Waals surface area contributed by atoms with E-state index in [9.17, 15) is 5.11 Å². The van der Waals surface area contributed by atoms with Crippen LogP contribution >= 0.6 is 12.2 Å². The van der Waals surface area contributed by atoms with E-state index < -0.39 is 0 Å². The Morgan fingerprint density at radius 2 is 2.36 bits per heavy atom. The third kappa shape index (κ3) is 2.85. The average Bonchev–Trinajstić information content (AvgIpc) is 2.19. The quantitative estimate of drug-likeness (QED) is 0.432. The van der Waals surface area contributed by atoms with Crippen molar-refractivity contribution in [2.45, 2.75) is 25.3 Å². The number of thiocarbonyl (C=S) groups is 1. The van der Waals surface area contributed by atoms with E-state index in [1.165, 1.54) is 12.8 Å². The number of piperidine rings is 1. The number of likely N-dealkylation sites (N-methyl/N-ethyl adjacent to an activating group) is 1. The molecule has 1 rings (SSSR count). The largest absolute Gasteiger partial charge is 0.390 e. The van der Waals surface area contributed by atoms with E-state index in [1.807, 2.05) is 0 Å². The lowest BCUT2D eigenvalue weighted by Gasteiger charge is -2.43. The van der Waals surface area contributed by atoms with Crippen molar-refractivity contribution in [3.63, 3.8) is 0 Å². The standard InChI is InChI=1S/C10H19N2OS/c1-12(7-5-11-9-14)6-3-2-4-10(12)8-13/h10,13H,2-8H2,1H3/q+1. The van der Waals surface area contributed by atoms with Crippen molar-refractivity contribution in [3.05, 3.63) is 0 Å². The van der Waals surface area contributed by atoms with Gasteiger partial charge in [0, 0.05) is 6.42 Å². The smallest absolute Gasteiger partial charge is 0.112 e. The van der Waals surface area contributed by atoms with Gasteiger partial charge in [-0.05, 0) is 25.1 Å². The Balaban J connectivity index is 2.53. The number of aliphatic imine (C=N–C) groups is 1. The second kappa shape index (κ2) is 5.56. The van der Waals surface area contributed by atoms with Crippen LogP contribution in [0, 0.1) is 0 Å². The van der Waals surface area contributed by atoms with Crippen LogP contribution in [0.25, 0.3) is 0 Å². The minimum Gasteiger partial charge on any atom is -0.390 e. The highest BCUT2D eigenvalue weighted by Gasteiger charge is 2.34. The molecule has 1 aliphatic rings. The van der Waals surface area contributed by atoms with Gasteiger partial charge >= 0.3 is 0 Å². The Morgan fingerprint density at radius 3 is 3.00 bits per heavy atom. The lowest BCUT2D eigenvalue weighted by Crippen LogP contribution is -2.57. The van der Waals surface area contributed by atoms with Crippen LogP contribution in [-0.4, -0.2) is 54.1 Å². The summed E-state index contributed by atoms with van der Waals surface area (Å²) < 4.78 is 0.941. The molecule has 1 N–H and O–H groups in total. The van der Waals surface area contributed by atoms with Crippen molar-refractivity contribution < 1.29 is 9.59 Å². The molecule has 0 aromatic carbocycles. The van der Waals surface area contributed by atoms with Crippen molar-refractivity contribution in [1.82, 2.24) is 0 Å². The van der Waals surface area contributed by atoms with Crippen LogP contribution < -0.4 is 0 Å². The van der Waals surface area contributed by atoms with Crippen molar-refractivity contribution in [1.29, 1.82) is 0 Å². The van der Waals surface area contributed by atoms with Gasteiger partial charge in [-0.15, -0.1) is 0 Å². The summed E-state index contributed by atoms with van der Waals surface area (Å²) in [4.78, 5) is 3.95. The highest BCUT2D eigenvalue weighted by atomic mass is 32.1. The molecule has 0 bridgehead atoms. The molecule has 2 unspecified atom stereocenters. The first kappa shape index (κ1) is 11.8. The molecule has 0 spiro atoms. The summed E-state index contributed by atoms with van der Waals surface area (Å²) in [7, 11) is 2.21. The van der Waals surface area contributed by atoms with Crippen LogP contribution in [0.2, 0.25) is 0 Å². The number of aliphatic hydroxyl groups excluding tert-OH is 1. The zero-order chi connectivity index (χ0) is 10.4. The van der Waals surface area contributed by atoms with Crippen LogP contribution in [0.4, 0.5) is 0 Å². The third-order valence-corrected chi connectivity index (χ3v) is 3.46. The van der Waals surface area contributed by atoms with Crippen LogP contribution in [-0.2, 0) is 0 Å². The van der Waals surface area contributed by atoms with E-state index in [1.54, 1.807) is 0 Å². The first-order valence-electron chi connectivity index (χ1n) is 5.21. The van der Waals surface area contributed by atoms with E-state index in [4.69, 9.17) is 0 Å². The predicted molar refractivity (Wildman–Crippen MR) is 60.5 cm³/mol. The van der Waals surface area contributed by atoms with Crippen LogP contribution in [0.3, 0.4) is 0 Å². The van der Waals surface area contributed by atoms with Crippen molar-refractivity contribution in [3.8, 4) is 0 Å². The van der Waals surface area contributed by atoms with Gasteiger partial charge in [0.2, 0.25) is 0 Å². The molecule has 14 heavy (non-hydrogen) atoms. The number of hydrogen-bond acceptors (Lipinski definition) is 3. The third-order valence-electron chi connectivity index (χ3n) is 3.34. The maximum absolute atomic E-state index is 9.30. The molecule has 80 valence electrons. The molecular formula is C10H19N2OS+. The summed E-state index contributed by atoms with van der Waals surface area (Å²) in [5, 5.41) is 11.7. The Kier molecular flexibility index (Phi) is 4.69. The van der Waals surface area contributed by atoms with E-state index in [0.29, 0.717) is 6.04 Å². The van der Waals surface area contributed by atoms with E-state index in [2.05, 4.69) is 29.4 Å². The van der Waals surface area contributed by atoms with Gasteiger partial charge in [0.1, 0.15) is 6.04 Å². The fourth-order valence-electron chi connectivity index (χ4n) is 2.25. The average molecular weight is 215 g/mol. The Morgan fingerprint density at radius 1 is 1.57 bits per heavy atom. The number of nitrogens with zero attached hydrogens (tertiary/aromatic N) is 2. The number of likely N-dealkylation sites (tertiary alicyclic amines) is 1. The summed E-state index contributed by atoms with van der Waals surface area (Å²) in [6.07, 6.45) is 3.64. The molecule has 0 aliphatic carbocycles. The van der Waals surface area contributed by atoms with Crippen molar-refractivity contribution >= 4 is 17.4 Å². The highest BCUT2D eigenvalue weighted by Crippen LogP contribution is 2.23. The maximum atomic E-state index is 9.30. The van der Waals surface area contributed by atoms with Gasteiger partial charge in [-0.1, -0.05) is 0 Å². The second-order valence-electron chi connectivity index (χ2n) is 4.23. The Hall–Kier alpha value is -0.280. The summed E-state index contributed by atoms with van der Waals surface area (Å²) in [6, 6.07) is 0.393. The van der Waals surface area contributed by atoms with Gasteiger partial charge in [-0.2, -0.15) is 0 Å². The minimum atomic E-state index is 0.289. The summed E-state index contributed by atoms with van der Waals surface area (Å²) in [6.45, 7) is 3.14. The zero-order valence-corrected chi connectivity index (χ0v) is 9.59. The number of hydrogen-bond donors (Lipinski definition) is 1. The van der Waals surface area contributed by atoms with Crippen LogP contribution in [0.1, 0.15) is 19.3 Å². The van der Waals surface area contributed by atoms with Gasteiger partial charge in [0.25, 0.3) is 0 Å². The molecule has 1 saturated heterocycles. The van der Waals surface area contributed by atoms with Gasteiger partial charge in [-0.25, -0.2) is 4.99 Å². The minimum absolute atomic E-state index is 0.289. The second-order valence-corrected chi connectivity index (χ2v) is 4.41. The van der Waals surface area contributed by atoms with Gasteiger partial charge in [0.15, 0.2) is 0 Å². The number of isothiocyanates is 1. The van der Waals surface area contributed by atoms with Gasteiger partial charge in [0.05, 0.1) is 38.5 Å². The monoisotopic (exact) mass is 215 g/mol. The van der Waals surface area contributed by atoms with E-state index in [-0.39, 0.29) is 6.61 Å². The molecule has 0 radical (unpaired) electrons. The van der Waals surface area contributed by atoms with Crippen molar-refractivity contribution in [2.24, 2.45) is 4.99 Å². The first-order valence-corrected chi connectivity index (χ1v) is 5.62. The highest BCUT2D eigenvalue weighted by molar-refractivity contribution is 7.78. The SMILES string of the molecule is C[N+]1(CCN=C=S)CCCCC1CO. The number of quaternary nitrogens is 1. The fraction of sp³-hybridized carbons (Fsp3) is 0.900. The molecule has 1 heterocycles. The summed E-state index contributed by atoms with van der Waals surface area (Å²) >= 11 is 4.54. The molecule has 4 heteroatoms. The first-order chi connectivity index (χ1) is 6.73. The molecular weight excluding hydrogens is 196 g/mol. The van der Waals surface area contributed by atoms with Crippen molar-refractivity contribution in [2.75, 3.05) is 33.3 Å². The lowest BCUT2D eigenvalue weighted by molar-refractivity contribution is -0.937. The van der Waals surface area contributed by atoms with Crippen LogP contribution in [0.15, 0.2) is 4.99 Å². The molecule has 0 saturated carbocycles.